The number of hydrogen-bond acceptors (Lipinski definition) is 3. The monoisotopic (exact) mass is 351 g/mol. The second-order valence-electron chi connectivity index (χ2n) is 5.95. The molecule has 1 heterocycles. The van der Waals surface area contributed by atoms with Crippen LogP contribution in [0.4, 0.5) is 18.9 Å². The number of alkyl halides is 3. The summed E-state index contributed by atoms with van der Waals surface area (Å²) < 4.78 is 39.1. The molecule has 0 spiro atoms. The van der Waals surface area contributed by atoms with E-state index in [0.29, 0.717) is 0 Å². The summed E-state index contributed by atoms with van der Waals surface area (Å²) in [6.07, 6.45) is -0.944. The Morgan fingerprint density at radius 1 is 1.20 bits per heavy atom. The molecule has 0 fully saturated rings. The number of halogens is 3. The molecule has 8 heteroatoms. The lowest BCUT2D eigenvalue weighted by Crippen LogP contribution is -2.31. The first-order valence-corrected chi connectivity index (χ1v) is 7.90. The molecular weight excluding hydrogens is 335 g/mol. The van der Waals surface area contributed by atoms with Crippen molar-refractivity contribution in [3.05, 3.63) is 57.5 Å². The van der Waals surface area contributed by atoms with Crippen molar-refractivity contribution in [1.82, 2.24) is 9.78 Å². The maximum Gasteiger partial charge on any atom is 0.416 e. The van der Waals surface area contributed by atoms with Gasteiger partial charge in [0.1, 0.15) is 6.54 Å². The van der Waals surface area contributed by atoms with Gasteiger partial charge < -0.3 is 5.32 Å². The molecule has 3 rings (SSSR count). The smallest absolute Gasteiger partial charge is 0.324 e. The number of anilines is 1. The van der Waals surface area contributed by atoms with Gasteiger partial charge in [0.2, 0.25) is 5.91 Å². The number of benzene rings is 1. The summed E-state index contributed by atoms with van der Waals surface area (Å²) in [7, 11) is 0. The molecule has 1 amide bonds. The van der Waals surface area contributed by atoms with Crippen molar-refractivity contribution >= 4 is 11.6 Å². The number of amides is 1. The van der Waals surface area contributed by atoms with Crippen molar-refractivity contribution in [3.8, 4) is 0 Å². The van der Waals surface area contributed by atoms with E-state index in [1.54, 1.807) is 0 Å². The van der Waals surface area contributed by atoms with Crippen molar-refractivity contribution in [2.75, 3.05) is 5.32 Å². The fraction of sp³-hybridized carbons (Fsp3) is 0.353. The van der Waals surface area contributed by atoms with Gasteiger partial charge >= 0.3 is 6.18 Å². The van der Waals surface area contributed by atoms with Gasteiger partial charge in [-0.1, -0.05) is 6.07 Å². The minimum Gasteiger partial charge on any atom is -0.324 e. The predicted molar refractivity (Wildman–Crippen MR) is 85.2 cm³/mol. The first kappa shape index (κ1) is 17.2. The molecule has 0 atom stereocenters. The molecule has 25 heavy (non-hydrogen) atoms. The van der Waals surface area contributed by atoms with Gasteiger partial charge in [-0.15, -0.1) is 0 Å². The van der Waals surface area contributed by atoms with E-state index in [0.717, 1.165) is 53.8 Å². The third kappa shape index (κ3) is 4.07. The van der Waals surface area contributed by atoms with Gasteiger partial charge in [0.25, 0.3) is 5.56 Å². The predicted octanol–water partition coefficient (Wildman–Crippen LogP) is 2.78. The van der Waals surface area contributed by atoms with Crippen molar-refractivity contribution in [2.24, 2.45) is 0 Å². The normalized spacial score (nSPS) is 14.0. The molecule has 0 aliphatic heterocycles. The van der Waals surface area contributed by atoms with Crippen LogP contribution in [0.2, 0.25) is 0 Å². The molecule has 5 nitrogen and oxygen atoms in total. The lowest BCUT2D eigenvalue weighted by Gasteiger charge is -2.16. The number of fused-ring (bicyclic) bond motifs is 1. The second-order valence-corrected chi connectivity index (χ2v) is 5.95. The van der Waals surface area contributed by atoms with Crippen LogP contribution >= 0.6 is 0 Å². The summed E-state index contributed by atoms with van der Waals surface area (Å²) in [5.74, 6) is -0.607. The lowest BCUT2D eigenvalue weighted by atomic mass is 9.97. The standard InChI is InChI=1S/C17H16F3N3O2/c18-17(19,20)12-5-3-6-13(9-12)21-15(24)10-23-16(25)8-11-4-1-2-7-14(11)22-23/h3,5-6,8-9H,1-2,4,7,10H2,(H,21,24). The Hall–Kier alpha value is -2.64. The van der Waals surface area contributed by atoms with E-state index in [1.807, 2.05) is 0 Å². The van der Waals surface area contributed by atoms with E-state index in [9.17, 15) is 22.8 Å². The van der Waals surface area contributed by atoms with Crippen molar-refractivity contribution in [1.29, 1.82) is 0 Å². The van der Waals surface area contributed by atoms with Crippen LogP contribution in [0.1, 0.15) is 29.7 Å². The number of aromatic nitrogens is 2. The average Bonchev–Trinajstić information content (AvgIpc) is 2.55. The Labute approximate surface area is 141 Å². The third-order valence-corrected chi connectivity index (χ3v) is 4.04. The molecule has 1 aliphatic rings. The molecule has 0 unspecified atom stereocenters. The number of aryl methyl sites for hydroxylation is 2. The highest BCUT2D eigenvalue weighted by atomic mass is 19.4. The van der Waals surface area contributed by atoms with Gasteiger partial charge in [-0.25, -0.2) is 4.68 Å². The van der Waals surface area contributed by atoms with Gasteiger partial charge in [-0.05, 0) is 49.4 Å². The minimum absolute atomic E-state index is 0.0193. The number of hydrogen-bond donors (Lipinski definition) is 1. The zero-order valence-electron chi connectivity index (χ0n) is 13.3. The summed E-state index contributed by atoms with van der Waals surface area (Å²) >= 11 is 0. The topological polar surface area (TPSA) is 64.0 Å². The summed E-state index contributed by atoms with van der Waals surface area (Å²) in [6.45, 7) is -0.345. The fourth-order valence-corrected chi connectivity index (χ4v) is 2.82. The Morgan fingerprint density at radius 2 is 1.96 bits per heavy atom. The first-order valence-electron chi connectivity index (χ1n) is 7.90. The van der Waals surface area contributed by atoms with Crippen LogP contribution in [0.15, 0.2) is 35.1 Å². The molecule has 1 aromatic carbocycles. The van der Waals surface area contributed by atoms with E-state index in [2.05, 4.69) is 10.4 Å². The second kappa shape index (κ2) is 6.70. The van der Waals surface area contributed by atoms with Crippen LogP contribution in [-0.4, -0.2) is 15.7 Å². The molecule has 0 radical (unpaired) electrons. The molecule has 0 saturated carbocycles. The highest BCUT2D eigenvalue weighted by Gasteiger charge is 2.30. The van der Waals surface area contributed by atoms with Crippen LogP contribution in [0.5, 0.6) is 0 Å². The van der Waals surface area contributed by atoms with Gasteiger partial charge in [-0.2, -0.15) is 18.3 Å². The van der Waals surface area contributed by atoms with Gasteiger partial charge in [-0.3, -0.25) is 9.59 Å². The zero-order chi connectivity index (χ0) is 18.0. The van der Waals surface area contributed by atoms with E-state index < -0.39 is 17.6 Å². The SMILES string of the molecule is O=C(Cn1nc2c(cc1=O)CCCC2)Nc1cccc(C(F)(F)F)c1. The molecule has 1 aliphatic carbocycles. The quantitative estimate of drug-likeness (QED) is 0.925. The van der Waals surface area contributed by atoms with Crippen LogP contribution < -0.4 is 10.9 Å². The lowest BCUT2D eigenvalue weighted by molar-refractivity contribution is -0.137. The van der Waals surface area contributed by atoms with Crippen LogP contribution in [0.25, 0.3) is 0 Å². The first-order chi connectivity index (χ1) is 11.8. The zero-order valence-corrected chi connectivity index (χ0v) is 13.3. The number of rotatable bonds is 3. The van der Waals surface area contributed by atoms with Crippen molar-refractivity contribution in [3.63, 3.8) is 0 Å². The molecule has 0 saturated heterocycles. The maximum absolute atomic E-state index is 12.7. The molecule has 132 valence electrons. The van der Waals surface area contributed by atoms with Gasteiger partial charge in [0.05, 0.1) is 11.3 Å². The van der Waals surface area contributed by atoms with Crippen molar-refractivity contribution < 1.29 is 18.0 Å². The van der Waals surface area contributed by atoms with Gasteiger partial charge in [0, 0.05) is 11.8 Å². The Balaban J connectivity index is 1.74. The number of carbonyl (C=O) groups is 1. The van der Waals surface area contributed by atoms with Crippen LogP contribution in [0, 0.1) is 0 Å². The van der Waals surface area contributed by atoms with E-state index >= 15 is 0 Å². The Bertz CT molecular complexity index is 859. The summed E-state index contributed by atoms with van der Waals surface area (Å²) in [4.78, 5) is 24.1. The summed E-state index contributed by atoms with van der Waals surface area (Å²) in [6, 6.07) is 5.82. The minimum atomic E-state index is -4.49. The average molecular weight is 351 g/mol. The summed E-state index contributed by atoms with van der Waals surface area (Å²) in [5, 5.41) is 6.59. The van der Waals surface area contributed by atoms with Crippen LogP contribution in [-0.2, 0) is 30.4 Å². The van der Waals surface area contributed by atoms with Crippen LogP contribution in [0.3, 0.4) is 0 Å². The summed E-state index contributed by atoms with van der Waals surface area (Å²) in [5.41, 5.74) is 0.489. The molecular formula is C17H16F3N3O2. The molecule has 0 bridgehead atoms. The van der Waals surface area contributed by atoms with E-state index in [4.69, 9.17) is 0 Å². The number of nitrogens with one attached hydrogen (secondary N) is 1. The highest BCUT2D eigenvalue weighted by molar-refractivity contribution is 5.90. The Morgan fingerprint density at radius 3 is 2.72 bits per heavy atom. The maximum atomic E-state index is 12.7. The molecule has 1 aromatic heterocycles. The number of nitrogens with zero attached hydrogens (tertiary/aromatic N) is 2. The fourth-order valence-electron chi connectivity index (χ4n) is 2.82. The molecule has 2 aromatic rings. The Kier molecular flexibility index (Phi) is 4.61. The molecule has 1 N–H and O–H groups in total. The van der Waals surface area contributed by atoms with Gasteiger partial charge in [0.15, 0.2) is 0 Å². The largest absolute Gasteiger partial charge is 0.416 e. The van der Waals surface area contributed by atoms with Crippen molar-refractivity contribution in [2.45, 2.75) is 38.4 Å². The highest BCUT2D eigenvalue weighted by Crippen LogP contribution is 2.30. The van der Waals surface area contributed by atoms with E-state index in [-0.39, 0.29) is 17.8 Å². The third-order valence-electron chi connectivity index (χ3n) is 4.04. The van der Waals surface area contributed by atoms with E-state index in [1.165, 1.54) is 18.2 Å². The number of carbonyl (C=O) groups excluding carboxylic acids is 1.